The van der Waals surface area contributed by atoms with Gasteiger partial charge in [0.15, 0.2) is 6.04 Å². The number of hydrogen-bond donors (Lipinski definition) is 0. The molecule has 0 saturated carbocycles. The van der Waals surface area contributed by atoms with Crippen LogP contribution in [0.2, 0.25) is 5.02 Å². The van der Waals surface area contributed by atoms with Gasteiger partial charge in [-0.1, -0.05) is 11.6 Å². The summed E-state index contributed by atoms with van der Waals surface area (Å²) < 4.78 is 39.2. The molecule has 1 fully saturated rings. The molecule has 2 heterocycles. The molecule has 0 aliphatic carbocycles. The van der Waals surface area contributed by atoms with Gasteiger partial charge in [0, 0.05) is 5.02 Å². The summed E-state index contributed by atoms with van der Waals surface area (Å²) in [5.41, 5.74) is -1.65. The van der Waals surface area contributed by atoms with Crippen molar-refractivity contribution in [3.63, 3.8) is 0 Å². The van der Waals surface area contributed by atoms with Crippen molar-refractivity contribution in [3.05, 3.63) is 28.8 Å². The van der Waals surface area contributed by atoms with Crippen molar-refractivity contribution in [2.45, 2.75) is 12.2 Å². The number of rotatable bonds is 1. The summed E-state index contributed by atoms with van der Waals surface area (Å²) in [5, 5.41) is 7.08. The maximum Gasteiger partial charge on any atom is 0.418 e. The fourth-order valence-electron chi connectivity index (χ4n) is 2.41. The maximum absolute atomic E-state index is 13.1. The molecule has 1 aromatic carbocycles. The van der Waals surface area contributed by atoms with Crippen molar-refractivity contribution >= 4 is 29.1 Å². The second kappa shape index (κ2) is 4.52. The van der Waals surface area contributed by atoms with Crippen molar-refractivity contribution in [1.82, 2.24) is 0 Å². The normalized spacial score (nSPS) is 24.9. The number of imide groups is 1. The van der Waals surface area contributed by atoms with Crippen LogP contribution in [-0.2, 0) is 15.8 Å². The van der Waals surface area contributed by atoms with Gasteiger partial charge in [0.25, 0.3) is 5.91 Å². The molecule has 1 saturated heterocycles. The van der Waals surface area contributed by atoms with Crippen LogP contribution in [0.1, 0.15) is 5.56 Å². The lowest BCUT2D eigenvalue weighted by Crippen LogP contribution is -2.33. The number of fused-ring (bicyclic) bond motifs is 1. The summed E-state index contributed by atoms with van der Waals surface area (Å²) in [6.07, 6.45) is -4.74. The van der Waals surface area contributed by atoms with Gasteiger partial charge in [-0.15, -0.1) is 0 Å². The van der Waals surface area contributed by atoms with Gasteiger partial charge in [0.05, 0.1) is 23.7 Å². The molecule has 0 radical (unpaired) electrons. The Hall–Kier alpha value is -1.96. The molecule has 2 unspecified atom stereocenters. The molecule has 0 spiro atoms. The molecule has 5 nitrogen and oxygen atoms in total. The van der Waals surface area contributed by atoms with E-state index in [0.717, 1.165) is 6.07 Å². The van der Waals surface area contributed by atoms with Gasteiger partial charge in [-0.25, -0.2) is 4.90 Å². The van der Waals surface area contributed by atoms with Crippen molar-refractivity contribution in [2.75, 3.05) is 11.4 Å². The van der Waals surface area contributed by atoms with Crippen molar-refractivity contribution in [1.29, 1.82) is 0 Å². The van der Waals surface area contributed by atoms with Crippen LogP contribution in [0, 0.1) is 5.92 Å². The summed E-state index contributed by atoms with van der Waals surface area (Å²) in [4.78, 5) is 24.8. The van der Waals surface area contributed by atoms with Crippen LogP contribution in [-0.4, -0.2) is 24.4 Å². The number of carbonyl (C=O) groups is 2. The van der Waals surface area contributed by atoms with Crippen LogP contribution in [0.3, 0.4) is 0 Å². The minimum Gasteiger partial charge on any atom is -0.274 e. The molecule has 1 aromatic rings. The van der Waals surface area contributed by atoms with Crippen molar-refractivity contribution in [3.8, 4) is 0 Å². The summed E-state index contributed by atoms with van der Waals surface area (Å²) in [7, 11) is 0. The van der Waals surface area contributed by atoms with E-state index in [4.69, 9.17) is 11.6 Å². The molecule has 9 heteroatoms. The molecule has 110 valence electrons. The zero-order valence-electron chi connectivity index (χ0n) is 10.3. The fourth-order valence-corrected chi connectivity index (χ4v) is 2.58. The van der Waals surface area contributed by atoms with Gasteiger partial charge >= 0.3 is 6.18 Å². The molecule has 0 N–H and O–H groups in total. The topological polar surface area (TPSA) is 62.1 Å². The maximum atomic E-state index is 13.1. The Morgan fingerprint density at radius 3 is 2.57 bits per heavy atom. The van der Waals surface area contributed by atoms with Crippen molar-refractivity contribution in [2.24, 2.45) is 16.1 Å². The Kier molecular flexibility index (Phi) is 3.01. The van der Waals surface area contributed by atoms with E-state index >= 15 is 0 Å². The van der Waals surface area contributed by atoms with E-state index in [1.54, 1.807) is 0 Å². The number of carbonyl (C=O) groups excluding carboxylic acids is 2. The molecular formula is C12H7ClF3N3O2. The molecule has 0 bridgehead atoms. The Morgan fingerprint density at radius 1 is 1.24 bits per heavy atom. The van der Waals surface area contributed by atoms with Crippen molar-refractivity contribution < 1.29 is 22.8 Å². The van der Waals surface area contributed by atoms with Gasteiger partial charge in [-0.3, -0.25) is 9.59 Å². The highest BCUT2D eigenvalue weighted by Gasteiger charge is 2.52. The summed E-state index contributed by atoms with van der Waals surface area (Å²) in [5.74, 6) is -2.32. The molecule has 3 rings (SSSR count). The van der Waals surface area contributed by atoms with E-state index in [2.05, 4.69) is 10.2 Å². The first-order valence-corrected chi connectivity index (χ1v) is 6.29. The smallest absolute Gasteiger partial charge is 0.274 e. The van der Waals surface area contributed by atoms with Crippen LogP contribution in [0.4, 0.5) is 18.9 Å². The zero-order chi connectivity index (χ0) is 15.4. The van der Waals surface area contributed by atoms with Crippen LogP contribution in [0.5, 0.6) is 0 Å². The largest absolute Gasteiger partial charge is 0.418 e. The van der Waals surface area contributed by atoms with Crippen LogP contribution >= 0.6 is 11.6 Å². The van der Waals surface area contributed by atoms with E-state index in [0.29, 0.717) is 11.0 Å². The van der Waals surface area contributed by atoms with Gasteiger partial charge in [-0.2, -0.15) is 23.4 Å². The number of amides is 2. The third kappa shape index (κ3) is 2.10. The summed E-state index contributed by atoms with van der Waals surface area (Å²) in [6.45, 7) is 0.0146. The highest BCUT2D eigenvalue weighted by molar-refractivity contribution is 6.31. The van der Waals surface area contributed by atoms with Crippen LogP contribution in [0.15, 0.2) is 28.4 Å². The van der Waals surface area contributed by atoms with E-state index in [1.807, 2.05) is 0 Å². The van der Waals surface area contributed by atoms with E-state index in [-0.39, 0.29) is 11.6 Å². The predicted molar refractivity (Wildman–Crippen MR) is 65.9 cm³/mol. The average molecular weight is 318 g/mol. The highest BCUT2D eigenvalue weighted by Crippen LogP contribution is 2.41. The third-order valence-electron chi connectivity index (χ3n) is 3.38. The first-order chi connectivity index (χ1) is 9.80. The van der Waals surface area contributed by atoms with Crippen LogP contribution < -0.4 is 4.90 Å². The molecule has 2 amide bonds. The first kappa shape index (κ1) is 14.0. The standard InChI is InChI=1S/C12H7ClF3N3O2/c13-5-1-2-8(7(3-5)12(14,15)16)19-10(20)6-4-17-18-9(6)11(19)21/h1-3,6,9H,4H2. The van der Waals surface area contributed by atoms with Gasteiger partial charge in [0.2, 0.25) is 5.91 Å². The Balaban J connectivity index is 2.11. The number of alkyl halides is 3. The number of nitrogens with zero attached hydrogens (tertiary/aromatic N) is 3. The van der Waals surface area contributed by atoms with E-state index < -0.39 is 41.2 Å². The fraction of sp³-hybridized carbons (Fsp3) is 0.333. The molecule has 21 heavy (non-hydrogen) atoms. The SMILES string of the molecule is O=C1C2CN=NC2C(=O)N1c1ccc(Cl)cc1C(F)(F)F. The quantitative estimate of drug-likeness (QED) is 0.748. The van der Waals surface area contributed by atoms with Gasteiger partial charge < -0.3 is 0 Å². The molecule has 2 aliphatic heterocycles. The third-order valence-corrected chi connectivity index (χ3v) is 3.62. The molecule has 2 aliphatic rings. The highest BCUT2D eigenvalue weighted by atomic mass is 35.5. The predicted octanol–water partition coefficient (Wildman–Crippen LogP) is 2.68. The lowest BCUT2D eigenvalue weighted by Gasteiger charge is -2.20. The minimum atomic E-state index is -4.74. The number of hydrogen-bond acceptors (Lipinski definition) is 4. The lowest BCUT2D eigenvalue weighted by atomic mass is 10.1. The average Bonchev–Trinajstić information content (AvgIpc) is 2.95. The Labute approximate surface area is 121 Å². The second-order valence-electron chi connectivity index (χ2n) is 4.66. The minimum absolute atomic E-state index is 0.0146. The van der Waals surface area contributed by atoms with Gasteiger partial charge in [-0.05, 0) is 18.2 Å². The summed E-state index contributed by atoms with van der Waals surface area (Å²) >= 11 is 5.58. The number of azo groups is 1. The van der Waals surface area contributed by atoms with Gasteiger partial charge in [0.1, 0.15) is 0 Å². The monoisotopic (exact) mass is 317 g/mol. The Morgan fingerprint density at radius 2 is 1.95 bits per heavy atom. The van der Waals surface area contributed by atoms with E-state index in [1.165, 1.54) is 6.07 Å². The molecule has 0 aromatic heterocycles. The zero-order valence-corrected chi connectivity index (χ0v) is 11.0. The summed E-state index contributed by atoms with van der Waals surface area (Å²) in [6, 6.07) is 1.88. The molecule has 2 atom stereocenters. The number of benzene rings is 1. The van der Waals surface area contributed by atoms with E-state index in [9.17, 15) is 22.8 Å². The number of anilines is 1. The number of halogens is 4. The lowest BCUT2D eigenvalue weighted by molar-refractivity contribution is -0.137. The Bertz CT molecular complexity index is 674. The first-order valence-electron chi connectivity index (χ1n) is 5.92. The molecular weight excluding hydrogens is 311 g/mol. The van der Waals surface area contributed by atoms with Crippen LogP contribution in [0.25, 0.3) is 0 Å². The second-order valence-corrected chi connectivity index (χ2v) is 5.10.